The van der Waals surface area contributed by atoms with Crippen molar-refractivity contribution >= 4 is 28.9 Å². The number of nitro groups is 1. The van der Waals surface area contributed by atoms with Crippen LogP contribution in [0.15, 0.2) is 60.8 Å². The average Bonchev–Trinajstić information content (AvgIpc) is 2.89. The molecular weight excluding hydrogens is 462 g/mol. The van der Waals surface area contributed by atoms with Gasteiger partial charge in [0, 0.05) is 49.7 Å². The molecule has 1 atom stereocenters. The van der Waals surface area contributed by atoms with Crippen LogP contribution in [0.25, 0.3) is 0 Å². The van der Waals surface area contributed by atoms with E-state index in [4.69, 9.17) is 9.47 Å². The number of aryl methyl sites for hydroxylation is 1. The number of amides is 2. The van der Waals surface area contributed by atoms with E-state index in [1.807, 2.05) is 19.1 Å². The van der Waals surface area contributed by atoms with E-state index >= 15 is 0 Å². The third kappa shape index (κ3) is 4.88. The number of aromatic nitrogens is 1. The first-order chi connectivity index (χ1) is 17.3. The van der Waals surface area contributed by atoms with Crippen molar-refractivity contribution in [2.75, 3.05) is 43.7 Å². The fraction of sp³-hybridized carbons (Fsp3) is 0.308. The monoisotopic (exact) mass is 491 g/mol. The van der Waals surface area contributed by atoms with Gasteiger partial charge >= 0.3 is 11.7 Å². The van der Waals surface area contributed by atoms with Crippen molar-refractivity contribution in [1.82, 2.24) is 9.88 Å². The van der Waals surface area contributed by atoms with Crippen molar-refractivity contribution in [3.05, 3.63) is 76.5 Å². The highest BCUT2D eigenvalue weighted by molar-refractivity contribution is 6.02. The number of urea groups is 1. The van der Waals surface area contributed by atoms with Crippen LogP contribution in [0.5, 0.6) is 11.5 Å². The van der Waals surface area contributed by atoms with Crippen LogP contribution in [0, 0.1) is 17.0 Å². The topological polar surface area (TPSA) is 101 Å². The van der Waals surface area contributed by atoms with Gasteiger partial charge in [-0.2, -0.15) is 0 Å². The van der Waals surface area contributed by atoms with Crippen LogP contribution in [0.4, 0.5) is 27.7 Å². The van der Waals surface area contributed by atoms with Crippen molar-refractivity contribution in [2.24, 2.45) is 0 Å². The SMILES string of the molecule is COc1ccc(N(C(=O)N2CCN(c3cccc(C)c3)C(C)C2)c2ncccc2[N+](=O)[O-])c(OC)c1. The molecule has 1 aliphatic rings. The number of anilines is 3. The Morgan fingerprint density at radius 3 is 2.58 bits per heavy atom. The van der Waals surface area contributed by atoms with Gasteiger partial charge in [0.15, 0.2) is 0 Å². The van der Waals surface area contributed by atoms with Gasteiger partial charge in [0.25, 0.3) is 0 Å². The second kappa shape index (κ2) is 10.5. The Morgan fingerprint density at radius 1 is 1.11 bits per heavy atom. The highest BCUT2D eigenvalue weighted by Crippen LogP contribution is 2.40. The van der Waals surface area contributed by atoms with Crippen molar-refractivity contribution < 1.29 is 19.2 Å². The molecule has 2 aromatic carbocycles. The molecule has 1 aromatic heterocycles. The second-order valence-electron chi connectivity index (χ2n) is 8.59. The smallest absolute Gasteiger partial charge is 0.330 e. The van der Waals surface area contributed by atoms with Crippen LogP contribution < -0.4 is 19.3 Å². The lowest BCUT2D eigenvalue weighted by atomic mass is 10.1. The van der Waals surface area contributed by atoms with E-state index in [0.29, 0.717) is 36.8 Å². The maximum Gasteiger partial charge on any atom is 0.330 e. The number of carbonyl (C=O) groups is 1. The first-order valence-electron chi connectivity index (χ1n) is 11.6. The lowest BCUT2D eigenvalue weighted by Gasteiger charge is -2.42. The number of benzene rings is 2. The molecule has 1 aliphatic heterocycles. The van der Waals surface area contributed by atoms with E-state index in [1.54, 1.807) is 23.1 Å². The molecule has 2 heterocycles. The highest BCUT2D eigenvalue weighted by Gasteiger charge is 2.35. The first-order valence-corrected chi connectivity index (χ1v) is 11.6. The summed E-state index contributed by atoms with van der Waals surface area (Å²) in [5, 5.41) is 11.8. The Kier molecular flexibility index (Phi) is 7.23. The molecule has 1 unspecified atom stereocenters. The molecule has 0 bridgehead atoms. The van der Waals surface area contributed by atoms with Gasteiger partial charge in [0.2, 0.25) is 5.82 Å². The van der Waals surface area contributed by atoms with Crippen LogP contribution in [-0.4, -0.2) is 60.7 Å². The summed E-state index contributed by atoms with van der Waals surface area (Å²) in [5.74, 6) is 0.776. The maximum absolute atomic E-state index is 14.0. The summed E-state index contributed by atoms with van der Waals surface area (Å²) in [7, 11) is 2.99. The summed E-state index contributed by atoms with van der Waals surface area (Å²) in [6.07, 6.45) is 1.43. The fourth-order valence-corrected chi connectivity index (χ4v) is 4.44. The minimum Gasteiger partial charge on any atom is -0.497 e. The van der Waals surface area contributed by atoms with Gasteiger partial charge in [-0.25, -0.2) is 14.7 Å². The summed E-state index contributed by atoms with van der Waals surface area (Å²) in [6, 6.07) is 15.6. The summed E-state index contributed by atoms with van der Waals surface area (Å²) >= 11 is 0. The van der Waals surface area contributed by atoms with Gasteiger partial charge < -0.3 is 19.3 Å². The minimum absolute atomic E-state index is 0.0304. The molecule has 3 aromatic rings. The van der Waals surface area contributed by atoms with Gasteiger partial charge in [-0.1, -0.05) is 12.1 Å². The second-order valence-corrected chi connectivity index (χ2v) is 8.59. The molecule has 10 heteroatoms. The van der Waals surface area contributed by atoms with E-state index in [2.05, 4.69) is 28.9 Å². The van der Waals surface area contributed by atoms with Gasteiger partial charge in [-0.15, -0.1) is 0 Å². The predicted molar refractivity (Wildman–Crippen MR) is 138 cm³/mol. The predicted octanol–water partition coefficient (Wildman–Crippen LogP) is 4.78. The lowest BCUT2D eigenvalue weighted by molar-refractivity contribution is -0.384. The van der Waals surface area contributed by atoms with E-state index < -0.39 is 11.0 Å². The van der Waals surface area contributed by atoms with Crippen molar-refractivity contribution in [1.29, 1.82) is 0 Å². The van der Waals surface area contributed by atoms with E-state index in [0.717, 1.165) is 5.69 Å². The number of piperazine rings is 1. The zero-order valence-electron chi connectivity index (χ0n) is 20.7. The molecule has 1 fully saturated rings. The zero-order chi connectivity index (χ0) is 25.8. The number of rotatable bonds is 6. The lowest BCUT2D eigenvalue weighted by Crippen LogP contribution is -2.56. The Bertz CT molecular complexity index is 1270. The number of pyridine rings is 1. The molecule has 0 aliphatic carbocycles. The number of ether oxygens (including phenoxy) is 2. The molecular formula is C26H29N5O5. The Hall–Kier alpha value is -4.34. The molecule has 1 saturated heterocycles. The van der Waals surface area contributed by atoms with Gasteiger partial charge in [-0.05, 0) is 49.7 Å². The third-order valence-electron chi connectivity index (χ3n) is 6.22. The number of carbonyl (C=O) groups excluding carboxylic acids is 1. The van der Waals surface area contributed by atoms with E-state index in [1.165, 1.54) is 43.0 Å². The largest absolute Gasteiger partial charge is 0.497 e. The highest BCUT2D eigenvalue weighted by atomic mass is 16.6. The quantitative estimate of drug-likeness (QED) is 0.361. The minimum atomic E-state index is -0.545. The van der Waals surface area contributed by atoms with Crippen molar-refractivity contribution in [2.45, 2.75) is 19.9 Å². The van der Waals surface area contributed by atoms with Gasteiger partial charge in [-0.3, -0.25) is 10.1 Å². The van der Waals surface area contributed by atoms with Crippen LogP contribution >= 0.6 is 0 Å². The normalized spacial score (nSPS) is 15.4. The Morgan fingerprint density at radius 2 is 1.92 bits per heavy atom. The van der Waals surface area contributed by atoms with Crippen LogP contribution in [0.3, 0.4) is 0 Å². The molecule has 0 spiro atoms. The molecule has 0 radical (unpaired) electrons. The number of methoxy groups -OCH3 is 2. The zero-order valence-corrected chi connectivity index (χ0v) is 20.7. The first kappa shape index (κ1) is 24.8. The summed E-state index contributed by atoms with van der Waals surface area (Å²) in [4.78, 5) is 34.8. The van der Waals surface area contributed by atoms with Crippen LogP contribution in [-0.2, 0) is 0 Å². The standard InChI is InChI=1S/C26H29N5O5/c1-18-7-5-8-20(15-18)29-14-13-28(17-19(29)2)26(32)30(25-23(31(33)34)9-6-12-27-25)22-11-10-21(35-3)16-24(22)36-4/h5-12,15-16,19H,13-14,17H2,1-4H3. The van der Waals surface area contributed by atoms with Crippen LogP contribution in [0.2, 0.25) is 0 Å². The molecule has 4 rings (SSSR count). The van der Waals surface area contributed by atoms with Gasteiger partial charge in [0.05, 0.1) is 24.8 Å². The molecule has 10 nitrogen and oxygen atoms in total. The summed E-state index contributed by atoms with van der Waals surface area (Å²) in [5.41, 5.74) is 2.32. The van der Waals surface area contributed by atoms with E-state index in [-0.39, 0.29) is 17.5 Å². The number of nitrogens with zero attached hydrogens (tertiary/aromatic N) is 5. The molecule has 188 valence electrons. The Labute approximate surface area is 209 Å². The van der Waals surface area contributed by atoms with Crippen molar-refractivity contribution in [3.8, 4) is 11.5 Å². The Balaban J connectivity index is 1.72. The fourth-order valence-electron chi connectivity index (χ4n) is 4.44. The molecule has 0 saturated carbocycles. The van der Waals surface area contributed by atoms with Gasteiger partial charge in [0.1, 0.15) is 11.5 Å². The van der Waals surface area contributed by atoms with E-state index in [9.17, 15) is 14.9 Å². The molecule has 36 heavy (non-hydrogen) atoms. The maximum atomic E-state index is 14.0. The summed E-state index contributed by atoms with van der Waals surface area (Å²) in [6.45, 7) is 5.60. The van der Waals surface area contributed by atoms with Crippen LogP contribution in [0.1, 0.15) is 12.5 Å². The average molecular weight is 492 g/mol. The van der Waals surface area contributed by atoms with Crippen molar-refractivity contribution in [3.63, 3.8) is 0 Å². The molecule has 0 N–H and O–H groups in total. The number of hydrogen-bond acceptors (Lipinski definition) is 7. The number of hydrogen-bond donors (Lipinski definition) is 0. The third-order valence-corrected chi connectivity index (χ3v) is 6.22. The molecule has 2 amide bonds. The summed E-state index contributed by atoms with van der Waals surface area (Å²) < 4.78 is 10.8.